The van der Waals surface area contributed by atoms with Crippen molar-refractivity contribution in [2.45, 2.75) is 68.1 Å². The van der Waals surface area contributed by atoms with Gasteiger partial charge in [0.05, 0.1) is 19.3 Å². The summed E-state index contributed by atoms with van der Waals surface area (Å²) in [4.78, 5) is 0. The Labute approximate surface area is 132 Å². The molecule has 4 unspecified atom stereocenters. The van der Waals surface area contributed by atoms with Crippen LogP contribution in [0.2, 0.25) is 0 Å². The third-order valence-electron chi connectivity index (χ3n) is 4.24. The number of aliphatic hydroxyl groups excluding tert-OH is 7. The normalized spacial score (nSPS) is 51.7. The molecule has 10 heteroatoms. The van der Waals surface area contributed by atoms with Crippen LogP contribution in [0.1, 0.15) is 6.92 Å². The molecular formula is C13H24O10. The van der Waals surface area contributed by atoms with E-state index in [1.807, 2.05) is 0 Å². The first-order chi connectivity index (χ1) is 10.8. The van der Waals surface area contributed by atoms with Gasteiger partial charge in [0.2, 0.25) is 0 Å². The van der Waals surface area contributed by atoms with Crippen molar-refractivity contribution in [3.05, 3.63) is 0 Å². The van der Waals surface area contributed by atoms with Crippen molar-refractivity contribution in [1.29, 1.82) is 0 Å². The number of hydrogen-bond donors (Lipinski definition) is 7. The average Bonchev–Trinajstić information content (AvgIpc) is 2.55. The largest absolute Gasteiger partial charge is 0.394 e. The number of hydrogen-bond acceptors (Lipinski definition) is 10. The van der Waals surface area contributed by atoms with Crippen LogP contribution in [-0.2, 0) is 14.2 Å². The summed E-state index contributed by atoms with van der Waals surface area (Å²) >= 11 is 0. The molecule has 23 heavy (non-hydrogen) atoms. The van der Waals surface area contributed by atoms with Gasteiger partial charge in [0.1, 0.15) is 48.8 Å². The molecule has 10 atom stereocenters. The Balaban J connectivity index is 2.11. The zero-order valence-electron chi connectivity index (χ0n) is 12.5. The summed E-state index contributed by atoms with van der Waals surface area (Å²) in [5, 5.41) is 67.8. The first kappa shape index (κ1) is 18.9. The van der Waals surface area contributed by atoms with E-state index in [1.54, 1.807) is 0 Å². The number of aliphatic hydroxyl groups is 7. The van der Waals surface area contributed by atoms with E-state index in [1.165, 1.54) is 6.92 Å². The maximum Gasteiger partial charge on any atom is 0.187 e. The van der Waals surface area contributed by atoms with Gasteiger partial charge >= 0.3 is 0 Å². The van der Waals surface area contributed by atoms with Crippen molar-refractivity contribution in [2.75, 3.05) is 13.2 Å². The molecule has 2 saturated heterocycles. The molecule has 2 rings (SSSR count). The molecule has 0 radical (unpaired) electrons. The van der Waals surface area contributed by atoms with E-state index >= 15 is 0 Å². The van der Waals surface area contributed by atoms with Gasteiger partial charge in [-0.3, -0.25) is 0 Å². The predicted octanol–water partition coefficient (Wildman–Crippen LogP) is -4.33. The first-order valence-electron chi connectivity index (χ1n) is 7.40. The standard InChI is InChI=1S/C13H24O10/c1-4-7(16)10(19)12(6(3-15)21-4)23-13-11(20)9(18)8(17)5(2-14)22-13/h4-20H,2-3H2,1H3/t4-,5?,6?,7+,8-,9?,10?,11-,12+,13-/m1/s1. The van der Waals surface area contributed by atoms with Gasteiger partial charge in [0, 0.05) is 0 Å². The zero-order chi connectivity index (χ0) is 17.3. The van der Waals surface area contributed by atoms with Gasteiger partial charge in [-0.15, -0.1) is 0 Å². The van der Waals surface area contributed by atoms with Gasteiger partial charge in [0.15, 0.2) is 6.29 Å². The smallest absolute Gasteiger partial charge is 0.187 e. The van der Waals surface area contributed by atoms with E-state index in [-0.39, 0.29) is 0 Å². The summed E-state index contributed by atoms with van der Waals surface area (Å²) in [6.45, 7) is 0.369. The molecule has 2 fully saturated rings. The quantitative estimate of drug-likeness (QED) is 0.265. The van der Waals surface area contributed by atoms with Crippen LogP contribution in [0.4, 0.5) is 0 Å². The lowest BCUT2D eigenvalue weighted by Crippen LogP contribution is -2.64. The van der Waals surface area contributed by atoms with Crippen LogP contribution < -0.4 is 0 Å². The third kappa shape index (κ3) is 3.66. The SMILES string of the molecule is C[C@H]1OC(CO)[C@H](O[C@H]2OC(CO)[C@@H](O)C(O)[C@H]2O)C(O)[C@H]1O. The van der Waals surface area contributed by atoms with Crippen molar-refractivity contribution in [2.24, 2.45) is 0 Å². The van der Waals surface area contributed by atoms with Crippen molar-refractivity contribution >= 4 is 0 Å². The molecule has 2 aliphatic rings. The summed E-state index contributed by atoms with van der Waals surface area (Å²) in [7, 11) is 0. The topological polar surface area (TPSA) is 169 Å². The molecule has 0 aromatic carbocycles. The van der Waals surface area contributed by atoms with Gasteiger partial charge in [-0.05, 0) is 6.92 Å². The Hall–Kier alpha value is -0.400. The fourth-order valence-corrected chi connectivity index (χ4v) is 2.78. The van der Waals surface area contributed by atoms with E-state index in [2.05, 4.69) is 0 Å². The maximum absolute atomic E-state index is 10.1. The second-order valence-electron chi connectivity index (χ2n) is 5.84. The van der Waals surface area contributed by atoms with Gasteiger partial charge in [-0.1, -0.05) is 0 Å². The van der Waals surface area contributed by atoms with E-state index in [9.17, 15) is 30.6 Å². The third-order valence-corrected chi connectivity index (χ3v) is 4.24. The molecule has 0 aromatic heterocycles. The molecule has 0 spiro atoms. The summed E-state index contributed by atoms with van der Waals surface area (Å²) in [5.74, 6) is 0. The predicted molar refractivity (Wildman–Crippen MR) is 72.1 cm³/mol. The minimum atomic E-state index is -1.66. The Bertz CT molecular complexity index is 378. The van der Waals surface area contributed by atoms with Gasteiger partial charge in [-0.25, -0.2) is 0 Å². The Kier molecular flexibility index (Phi) is 6.30. The molecule has 136 valence electrons. The van der Waals surface area contributed by atoms with E-state index < -0.39 is 74.4 Å². The summed E-state index contributed by atoms with van der Waals surface area (Å²) < 4.78 is 15.9. The van der Waals surface area contributed by atoms with E-state index in [0.29, 0.717) is 0 Å². The van der Waals surface area contributed by atoms with Gasteiger partial charge < -0.3 is 50.0 Å². The number of rotatable bonds is 4. The lowest BCUT2D eigenvalue weighted by molar-refractivity contribution is -0.341. The Morgan fingerprint density at radius 2 is 1.35 bits per heavy atom. The van der Waals surface area contributed by atoms with Crippen LogP contribution in [0.25, 0.3) is 0 Å². The summed E-state index contributed by atoms with van der Waals surface area (Å²) in [6.07, 6.45) is -13.2. The minimum absolute atomic E-state index is 0.518. The lowest BCUT2D eigenvalue weighted by atomic mass is 9.95. The second kappa shape index (κ2) is 7.66. The highest BCUT2D eigenvalue weighted by Crippen LogP contribution is 2.28. The minimum Gasteiger partial charge on any atom is -0.394 e. The molecule has 0 bridgehead atoms. The lowest BCUT2D eigenvalue weighted by Gasteiger charge is -2.45. The molecule has 0 amide bonds. The molecular weight excluding hydrogens is 316 g/mol. The summed E-state index contributed by atoms with van der Waals surface area (Å²) in [5.41, 5.74) is 0. The molecule has 2 aliphatic heterocycles. The van der Waals surface area contributed by atoms with Crippen molar-refractivity contribution < 1.29 is 50.0 Å². The number of ether oxygens (including phenoxy) is 3. The molecule has 0 aliphatic carbocycles. The highest BCUT2D eigenvalue weighted by atomic mass is 16.7. The van der Waals surface area contributed by atoms with Crippen LogP contribution in [0, 0.1) is 0 Å². The van der Waals surface area contributed by atoms with Crippen LogP contribution >= 0.6 is 0 Å². The highest BCUT2D eigenvalue weighted by molar-refractivity contribution is 4.94. The van der Waals surface area contributed by atoms with Crippen molar-refractivity contribution in [3.63, 3.8) is 0 Å². The van der Waals surface area contributed by atoms with E-state index in [4.69, 9.17) is 19.3 Å². The fourth-order valence-electron chi connectivity index (χ4n) is 2.78. The maximum atomic E-state index is 10.1. The van der Waals surface area contributed by atoms with Crippen LogP contribution in [0.3, 0.4) is 0 Å². The molecule has 2 heterocycles. The first-order valence-corrected chi connectivity index (χ1v) is 7.40. The average molecular weight is 340 g/mol. The molecule has 0 saturated carbocycles. The van der Waals surface area contributed by atoms with Gasteiger partial charge in [-0.2, -0.15) is 0 Å². The van der Waals surface area contributed by atoms with Crippen molar-refractivity contribution in [1.82, 2.24) is 0 Å². The van der Waals surface area contributed by atoms with E-state index in [0.717, 1.165) is 0 Å². The van der Waals surface area contributed by atoms with Crippen molar-refractivity contribution in [3.8, 4) is 0 Å². The Morgan fingerprint density at radius 3 is 1.91 bits per heavy atom. The molecule has 0 aromatic rings. The summed E-state index contributed by atoms with van der Waals surface area (Å²) in [6, 6.07) is 0. The zero-order valence-corrected chi connectivity index (χ0v) is 12.5. The van der Waals surface area contributed by atoms with Gasteiger partial charge in [0.25, 0.3) is 0 Å². The monoisotopic (exact) mass is 340 g/mol. The highest BCUT2D eigenvalue weighted by Gasteiger charge is 2.49. The fraction of sp³-hybridized carbons (Fsp3) is 1.00. The van der Waals surface area contributed by atoms with Crippen LogP contribution in [0.5, 0.6) is 0 Å². The second-order valence-corrected chi connectivity index (χ2v) is 5.84. The Morgan fingerprint density at radius 1 is 0.739 bits per heavy atom. The van der Waals surface area contributed by atoms with Crippen LogP contribution in [-0.4, -0.2) is 110 Å². The molecule has 10 nitrogen and oxygen atoms in total. The molecule has 7 N–H and O–H groups in total. The van der Waals surface area contributed by atoms with Crippen LogP contribution in [0.15, 0.2) is 0 Å².